The predicted molar refractivity (Wildman–Crippen MR) is 90.2 cm³/mol. The SMILES string of the molecule is C[C@H](CC(=O)N[C@@H](C)c1ccc(Br)cc1)c1ccccc1. The Hall–Kier alpha value is -1.61. The molecule has 2 rings (SSSR count). The van der Waals surface area contributed by atoms with Crippen molar-refractivity contribution >= 4 is 21.8 Å². The highest BCUT2D eigenvalue weighted by molar-refractivity contribution is 9.10. The van der Waals surface area contributed by atoms with Gasteiger partial charge in [-0.05, 0) is 36.1 Å². The lowest BCUT2D eigenvalue weighted by Gasteiger charge is -2.17. The van der Waals surface area contributed by atoms with Crippen LogP contribution in [-0.2, 0) is 4.79 Å². The van der Waals surface area contributed by atoms with Gasteiger partial charge in [0.05, 0.1) is 6.04 Å². The van der Waals surface area contributed by atoms with E-state index in [0.717, 1.165) is 10.0 Å². The fourth-order valence-corrected chi connectivity index (χ4v) is 2.58. The number of amides is 1. The molecule has 21 heavy (non-hydrogen) atoms. The summed E-state index contributed by atoms with van der Waals surface area (Å²) in [6.07, 6.45) is 0.505. The molecule has 0 aliphatic rings. The van der Waals surface area contributed by atoms with Gasteiger partial charge in [0.1, 0.15) is 0 Å². The zero-order valence-electron chi connectivity index (χ0n) is 12.3. The van der Waals surface area contributed by atoms with Gasteiger partial charge in [0, 0.05) is 10.9 Å². The average molecular weight is 346 g/mol. The van der Waals surface area contributed by atoms with Crippen molar-refractivity contribution in [3.63, 3.8) is 0 Å². The third kappa shape index (κ3) is 4.71. The molecule has 2 aromatic rings. The van der Waals surface area contributed by atoms with E-state index in [1.807, 2.05) is 49.4 Å². The van der Waals surface area contributed by atoms with Crippen LogP contribution in [0.2, 0.25) is 0 Å². The van der Waals surface area contributed by atoms with Gasteiger partial charge in [0.15, 0.2) is 0 Å². The van der Waals surface area contributed by atoms with Gasteiger partial charge >= 0.3 is 0 Å². The van der Waals surface area contributed by atoms with Gasteiger partial charge in [-0.15, -0.1) is 0 Å². The number of halogens is 1. The molecule has 1 N–H and O–H groups in total. The van der Waals surface area contributed by atoms with Gasteiger partial charge in [0.2, 0.25) is 5.91 Å². The van der Waals surface area contributed by atoms with E-state index in [1.54, 1.807) is 0 Å². The number of rotatable bonds is 5. The molecule has 0 aliphatic heterocycles. The van der Waals surface area contributed by atoms with Crippen LogP contribution in [0, 0.1) is 0 Å². The zero-order valence-corrected chi connectivity index (χ0v) is 13.9. The Balaban J connectivity index is 1.91. The molecule has 0 aliphatic carbocycles. The summed E-state index contributed by atoms with van der Waals surface area (Å²) >= 11 is 3.42. The number of carbonyl (C=O) groups excluding carboxylic acids is 1. The Morgan fingerprint density at radius 2 is 1.62 bits per heavy atom. The molecule has 2 aromatic carbocycles. The number of carbonyl (C=O) groups is 1. The standard InChI is InChI=1S/C18H20BrNO/c1-13(15-6-4-3-5-7-15)12-18(21)20-14(2)16-8-10-17(19)11-9-16/h3-11,13-14H,12H2,1-2H3,(H,20,21)/t13-,14+/m1/s1. The molecule has 0 radical (unpaired) electrons. The maximum atomic E-state index is 12.2. The number of hydrogen-bond acceptors (Lipinski definition) is 1. The topological polar surface area (TPSA) is 29.1 Å². The summed E-state index contributed by atoms with van der Waals surface area (Å²) in [6, 6.07) is 18.2. The van der Waals surface area contributed by atoms with E-state index in [2.05, 4.69) is 40.3 Å². The molecule has 0 heterocycles. The molecule has 0 aromatic heterocycles. The molecule has 0 spiro atoms. The smallest absolute Gasteiger partial charge is 0.221 e. The lowest BCUT2D eigenvalue weighted by atomic mass is 9.97. The highest BCUT2D eigenvalue weighted by Gasteiger charge is 2.14. The number of nitrogens with one attached hydrogen (secondary N) is 1. The molecule has 110 valence electrons. The van der Waals surface area contributed by atoms with Crippen LogP contribution in [0.15, 0.2) is 59.1 Å². The van der Waals surface area contributed by atoms with Gasteiger partial charge in [-0.1, -0.05) is 65.3 Å². The van der Waals surface area contributed by atoms with Gasteiger partial charge in [-0.2, -0.15) is 0 Å². The third-order valence-corrected chi connectivity index (χ3v) is 4.14. The van der Waals surface area contributed by atoms with Crippen molar-refractivity contribution in [3.8, 4) is 0 Å². The van der Waals surface area contributed by atoms with Crippen molar-refractivity contribution in [3.05, 3.63) is 70.2 Å². The summed E-state index contributed by atoms with van der Waals surface area (Å²) in [5.74, 6) is 0.310. The highest BCUT2D eigenvalue weighted by atomic mass is 79.9. The van der Waals surface area contributed by atoms with Crippen molar-refractivity contribution in [2.75, 3.05) is 0 Å². The first-order chi connectivity index (χ1) is 10.1. The van der Waals surface area contributed by atoms with Crippen molar-refractivity contribution in [1.29, 1.82) is 0 Å². The van der Waals surface area contributed by atoms with Crippen LogP contribution in [0.25, 0.3) is 0 Å². The summed E-state index contributed by atoms with van der Waals surface area (Å²) in [6.45, 7) is 4.09. The molecule has 2 atom stereocenters. The quantitative estimate of drug-likeness (QED) is 0.826. The van der Waals surface area contributed by atoms with Crippen molar-refractivity contribution in [2.24, 2.45) is 0 Å². The first-order valence-electron chi connectivity index (χ1n) is 7.16. The van der Waals surface area contributed by atoms with Crippen molar-refractivity contribution in [1.82, 2.24) is 5.32 Å². The second kappa shape index (κ2) is 7.41. The minimum Gasteiger partial charge on any atom is -0.350 e. The predicted octanol–water partition coefficient (Wildman–Crippen LogP) is 4.82. The van der Waals surface area contributed by atoms with E-state index in [9.17, 15) is 4.79 Å². The average Bonchev–Trinajstić information content (AvgIpc) is 2.48. The lowest BCUT2D eigenvalue weighted by Crippen LogP contribution is -2.27. The van der Waals surface area contributed by atoms with Crippen LogP contribution in [0.5, 0.6) is 0 Å². The van der Waals surface area contributed by atoms with Crippen LogP contribution in [0.3, 0.4) is 0 Å². The molecule has 0 fully saturated rings. The summed E-state index contributed by atoms with van der Waals surface area (Å²) < 4.78 is 1.04. The Kier molecular flexibility index (Phi) is 5.57. The molecule has 3 heteroatoms. The first-order valence-corrected chi connectivity index (χ1v) is 7.95. The van der Waals surface area contributed by atoms with Crippen molar-refractivity contribution in [2.45, 2.75) is 32.2 Å². The molecule has 0 saturated heterocycles. The van der Waals surface area contributed by atoms with E-state index in [1.165, 1.54) is 5.56 Å². The Morgan fingerprint density at radius 1 is 1.00 bits per heavy atom. The van der Waals surface area contributed by atoms with E-state index in [4.69, 9.17) is 0 Å². The molecular weight excluding hydrogens is 326 g/mol. The van der Waals surface area contributed by atoms with Crippen molar-refractivity contribution < 1.29 is 4.79 Å². The van der Waals surface area contributed by atoms with Gasteiger partial charge in [0.25, 0.3) is 0 Å². The minimum absolute atomic E-state index is 0.0218. The second-order valence-corrected chi connectivity index (χ2v) is 6.27. The summed E-state index contributed by atoms with van der Waals surface area (Å²) in [5, 5.41) is 3.06. The maximum absolute atomic E-state index is 12.2. The zero-order chi connectivity index (χ0) is 15.2. The second-order valence-electron chi connectivity index (χ2n) is 5.36. The fourth-order valence-electron chi connectivity index (χ4n) is 2.31. The summed E-state index contributed by atoms with van der Waals surface area (Å²) in [4.78, 5) is 12.2. The van der Waals surface area contributed by atoms with E-state index in [-0.39, 0.29) is 17.9 Å². The Morgan fingerprint density at radius 3 is 2.24 bits per heavy atom. The van der Waals surface area contributed by atoms with Gasteiger partial charge < -0.3 is 5.32 Å². The molecule has 1 amide bonds. The van der Waals surface area contributed by atoms with E-state index >= 15 is 0 Å². The van der Waals surface area contributed by atoms with E-state index < -0.39 is 0 Å². The van der Waals surface area contributed by atoms with E-state index in [0.29, 0.717) is 6.42 Å². The van der Waals surface area contributed by atoms with Crippen LogP contribution in [0.1, 0.15) is 43.4 Å². The molecule has 2 nitrogen and oxygen atoms in total. The van der Waals surface area contributed by atoms with Crippen LogP contribution in [0.4, 0.5) is 0 Å². The number of hydrogen-bond donors (Lipinski definition) is 1. The summed E-state index contributed by atoms with van der Waals surface area (Å²) in [7, 11) is 0. The first kappa shape index (κ1) is 15.8. The number of benzene rings is 2. The third-order valence-electron chi connectivity index (χ3n) is 3.61. The Labute approximate surface area is 134 Å². The Bertz CT molecular complexity index is 580. The maximum Gasteiger partial charge on any atom is 0.221 e. The molecule has 0 saturated carbocycles. The lowest BCUT2D eigenvalue weighted by molar-refractivity contribution is -0.122. The molecule has 0 unspecified atom stereocenters. The highest BCUT2D eigenvalue weighted by Crippen LogP contribution is 2.20. The fraction of sp³-hybridized carbons (Fsp3) is 0.278. The van der Waals surface area contributed by atoms with Gasteiger partial charge in [-0.3, -0.25) is 4.79 Å². The van der Waals surface area contributed by atoms with Crippen LogP contribution >= 0.6 is 15.9 Å². The van der Waals surface area contributed by atoms with Crippen LogP contribution in [-0.4, -0.2) is 5.91 Å². The summed E-state index contributed by atoms with van der Waals surface area (Å²) in [5.41, 5.74) is 2.31. The van der Waals surface area contributed by atoms with Gasteiger partial charge in [-0.25, -0.2) is 0 Å². The molecule has 0 bridgehead atoms. The van der Waals surface area contributed by atoms with Crippen LogP contribution < -0.4 is 5.32 Å². The monoisotopic (exact) mass is 345 g/mol. The minimum atomic E-state index is 0.0218. The largest absolute Gasteiger partial charge is 0.350 e. The molecular formula is C18H20BrNO. The normalized spacial score (nSPS) is 13.5.